The summed E-state index contributed by atoms with van der Waals surface area (Å²) in [6, 6.07) is 1.33. The SMILES string of the molecule is O=C1CN(c2c(O)cc3c(c2F)CC(CNCC2CCOCC2)O3)S(=O)N1. The summed E-state index contributed by atoms with van der Waals surface area (Å²) >= 11 is -1.90. The van der Waals surface area contributed by atoms with Gasteiger partial charge in [-0.3, -0.25) is 13.8 Å². The van der Waals surface area contributed by atoms with E-state index in [9.17, 15) is 18.5 Å². The van der Waals surface area contributed by atoms with Crippen LogP contribution in [0.5, 0.6) is 11.5 Å². The topological polar surface area (TPSA) is 100 Å². The molecule has 1 aromatic rings. The molecule has 3 aliphatic rings. The van der Waals surface area contributed by atoms with Crippen LogP contribution >= 0.6 is 0 Å². The van der Waals surface area contributed by atoms with Gasteiger partial charge in [-0.15, -0.1) is 0 Å². The van der Waals surface area contributed by atoms with E-state index >= 15 is 0 Å². The zero-order valence-corrected chi connectivity index (χ0v) is 15.5. The van der Waals surface area contributed by atoms with E-state index in [0.717, 1.165) is 36.9 Å². The Balaban J connectivity index is 1.42. The van der Waals surface area contributed by atoms with Gasteiger partial charge in [-0.2, -0.15) is 0 Å². The maximum absolute atomic E-state index is 15.0. The number of ether oxygens (including phenoxy) is 2. The van der Waals surface area contributed by atoms with E-state index < -0.39 is 28.6 Å². The smallest absolute Gasteiger partial charge is 0.253 e. The number of amides is 1. The van der Waals surface area contributed by atoms with E-state index in [0.29, 0.717) is 24.4 Å². The number of nitrogens with one attached hydrogen (secondary N) is 2. The number of halogens is 1. The molecule has 8 nitrogen and oxygen atoms in total. The van der Waals surface area contributed by atoms with Gasteiger partial charge >= 0.3 is 0 Å². The Hall–Kier alpha value is -1.91. The quantitative estimate of drug-likeness (QED) is 0.661. The normalized spacial score (nSPS) is 25.4. The second-order valence-electron chi connectivity index (χ2n) is 7.00. The van der Waals surface area contributed by atoms with E-state index in [1.807, 2.05) is 0 Å². The molecule has 0 aliphatic carbocycles. The van der Waals surface area contributed by atoms with Gasteiger partial charge in [0.15, 0.2) is 5.82 Å². The lowest BCUT2D eigenvalue weighted by molar-refractivity contribution is -0.117. The number of phenols is 1. The van der Waals surface area contributed by atoms with Crippen LogP contribution in [-0.2, 0) is 27.1 Å². The maximum Gasteiger partial charge on any atom is 0.253 e. The van der Waals surface area contributed by atoms with Crippen LogP contribution in [0, 0.1) is 11.7 Å². The van der Waals surface area contributed by atoms with Crippen LogP contribution < -0.4 is 19.1 Å². The summed E-state index contributed by atoms with van der Waals surface area (Å²) in [7, 11) is 0. The molecule has 148 valence electrons. The van der Waals surface area contributed by atoms with Crippen LogP contribution in [0.15, 0.2) is 6.07 Å². The van der Waals surface area contributed by atoms with Crippen LogP contribution in [0.25, 0.3) is 0 Å². The van der Waals surface area contributed by atoms with Crippen LogP contribution in [0.3, 0.4) is 0 Å². The highest BCUT2D eigenvalue weighted by atomic mass is 32.2. The molecule has 0 spiro atoms. The molecule has 3 N–H and O–H groups in total. The lowest BCUT2D eigenvalue weighted by Gasteiger charge is -2.23. The molecule has 0 radical (unpaired) electrons. The predicted molar refractivity (Wildman–Crippen MR) is 96.2 cm³/mol. The minimum atomic E-state index is -1.90. The molecular formula is C17H22FN3O5S. The van der Waals surface area contributed by atoms with Gasteiger partial charge in [-0.1, -0.05) is 0 Å². The van der Waals surface area contributed by atoms with Gasteiger partial charge < -0.3 is 19.9 Å². The molecule has 0 aromatic heterocycles. The van der Waals surface area contributed by atoms with Crippen molar-refractivity contribution in [1.82, 2.24) is 10.0 Å². The molecule has 3 aliphatic heterocycles. The molecule has 3 heterocycles. The summed E-state index contributed by atoms with van der Waals surface area (Å²) in [5.41, 5.74) is 0.0989. The van der Waals surface area contributed by atoms with Crippen molar-refractivity contribution < 1.29 is 28.0 Å². The van der Waals surface area contributed by atoms with Crippen LogP contribution in [0.2, 0.25) is 0 Å². The number of rotatable bonds is 5. The Morgan fingerprint density at radius 1 is 1.37 bits per heavy atom. The molecule has 27 heavy (non-hydrogen) atoms. The molecule has 1 amide bonds. The molecule has 2 unspecified atom stereocenters. The molecule has 0 bridgehead atoms. The Morgan fingerprint density at radius 3 is 2.85 bits per heavy atom. The van der Waals surface area contributed by atoms with Crippen LogP contribution in [-0.4, -0.2) is 54.2 Å². The highest BCUT2D eigenvalue weighted by molar-refractivity contribution is 7.85. The molecule has 2 atom stereocenters. The van der Waals surface area contributed by atoms with Gasteiger partial charge in [0.05, 0.1) is 0 Å². The average Bonchev–Trinajstić information content (AvgIpc) is 3.19. The van der Waals surface area contributed by atoms with Crippen molar-refractivity contribution in [3.63, 3.8) is 0 Å². The number of phenolic OH excluding ortho intramolecular Hbond substituents is 1. The lowest BCUT2D eigenvalue weighted by atomic mass is 10.0. The Bertz CT molecular complexity index is 771. The Labute approximate surface area is 158 Å². The first-order chi connectivity index (χ1) is 13.0. The number of anilines is 1. The largest absolute Gasteiger partial charge is 0.505 e. The first-order valence-corrected chi connectivity index (χ1v) is 10.1. The van der Waals surface area contributed by atoms with Crippen molar-refractivity contribution in [1.29, 1.82) is 0 Å². The number of hydrogen-bond donors (Lipinski definition) is 3. The van der Waals surface area contributed by atoms with E-state index in [1.54, 1.807) is 0 Å². The third-order valence-corrected chi connectivity index (χ3v) is 6.20. The van der Waals surface area contributed by atoms with Gasteiger partial charge in [-0.25, -0.2) is 8.60 Å². The van der Waals surface area contributed by atoms with Crippen molar-refractivity contribution in [3.8, 4) is 11.5 Å². The van der Waals surface area contributed by atoms with Crippen molar-refractivity contribution in [2.24, 2.45) is 5.92 Å². The summed E-state index contributed by atoms with van der Waals surface area (Å²) < 4.78 is 41.2. The molecule has 2 fully saturated rings. The molecule has 10 heteroatoms. The van der Waals surface area contributed by atoms with Gasteiger partial charge in [0, 0.05) is 37.8 Å². The number of nitrogens with zero attached hydrogens (tertiary/aromatic N) is 1. The van der Waals surface area contributed by atoms with E-state index in [2.05, 4.69) is 10.0 Å². The molecule has 4 rings (SSSR count). The molecule has 1 aromatic carbocycles. The van der Waals surface area contributed by atoms with Crippen molar-refractivity contribution in [3.05, 3.63) is 17.4 Å². The minimum Gasteiger partial charge on any atom is -0.505 e. The molecule has 2 saturated heterocycles. The standard InChI is InChI=1S/C17H22FN3O5S/c18-16-12-5-11(8-19-7-10-1-3-25-4-2-10)26-14(12)6-13(22)17(16)21-9-15(23)20-27(21)24/h6,10-11,19,22H,1-5,7-9H2,(H,20,23). The highest BCUT2D eigenvalue weighted by Gasteiger charge is 2.36. The number of benzene rings is 1. The van der Waals surface area contributed by atoms with Crippen molar-refractivity contribution in [2.75, 3.05) is 37.2 Å². The van der Waals surface area contributed by atoms with Crippen molar-refractivity contribution in [2.45, 2.75) is 25.4 Å². The van der Waals surface area contributed by atoms with Gasteiger partial charge in [0.25, 0.3) is 5.91 Å². The van der Waals surface area contributed by atoms with Gasteiger partial charge in [-0.05, 0) is 25.3 Å². The predicted octanol–water partition coefficient (Wildman–Crippen LogP) is 0.366. The fraction of sp³-hybridized carbons (Fsp3) is 0.588. The van der Waals surface area contributed by atoms with Crippen molar-refractivity contribution >= 4 is 22.8 Å². The third kappa shape index (κ3) is 3.74. The zero-order valence-electron chi connectivity index (χ0n) is 14.7. The van der Waals surface area contributed by atoms with E-state index in [4.69, 9.17) is 9.47 Å². The van der Waals surface area contributed by atoms with Gasteiger partial charge in [0.2, 0.25) is 11.2 Å². The highest BCUT2D eigenvalue weighted by Crippen LogP contribution is 2.42. The monoisotopic (exact) mass is 399 g/mol. The van der Waals surface area contributed by atoms with Crippen LogP contribution in [0.4, 0.5) is 10.1 Å². The van der Waals surface area contributed by atoms with Crippen LogP contribution in [0.1, 0.15) is 18.4 Å². The second-order valence-corrected chi connectivity index (χ2v) is 8.15. The molecule has 0 saturated carbocycles. The maximum atomic E-state index is 15.0. The zero-order chi connectivity index (χ0) is 19.0. The average molecular weight is 399 g/mol. The summed E-state index contributed by atoms with van der Waals surface area (Å²) in [5.74, 6) is -0.714. The summed E-state index contributed by atoms with van der Waals surface area (Å²) in [6.45, 7) is 2.74. The number of carbonyl (C=O) groups is 1. The summed E-state index contributed by atoms with van der Waals surface area (Å²) in [4.78, 5) is 11.4. The van der Waals surface area contributed by atoms with E-state index in [-0.39, 0.29) is 24.1 Å². The fourth-order valence-electron chi connectivity index (χ4n) is 3.67. The summed E-state index contributed by atoms with van der Waals surface area (Å²) in [6.07, 6.45) is 2.17. The number of aromatic hydroxyl groups is 1. The first kappa shape index (κ1) is 18.5. The third-order valence-electron chi connectivity index (χ3n) is 5.09. The Morgan fingerprint density at radius 2 is 2.15 bits per heavy atom. The fourth-order valence-corrected chi connectivity index (χ4v) is 4.62. The molecular weight excluding hydrogens is 377 g/mol. The number of hydrogen-bond acceptors (Lipinski definition) is 6. The van der Waals surface area contributed by atoms with E-state index in [1.165, 1.54) is 6.07 Å². The summed E-state index contributed by atoms with van der Waals surface area (Å²) in [5, 5.41) is 13.6. The number of carbonyl (C=O) groups excluding carboxylic acids is 1. The lowest BCUT2D eigenvalue weighted by Crippen LogP contribution is -2.35. The second kappa shape index (κ2) is 7.61. The Kier molecular flexibility index (Phi) is 5.20. The minimum absolute atomic E-state index is 0.232. The number of fused-ring (bicyclic) bond motifs is 1. The van der Waals surface area contributed by atoms with Gasteiger partial charge in [0.1, 0.15) is 29.8 Å². The first-order valence-electron chi connectivity index (χ1n) is 9.01.